The van der Waals surface area contributed by atoms with Crippen molar-refractivity contribution < 1.29 is 27.5 Å². The number of rotatable bonds is 10. The molecule has 0 aliphatic heterocycles. The van der Waals surface area contributed by atoms with Gasteiger partial charge in [0.2, 0.25) is 15.9 Å². The SMILES string of the molecule is CCNC(=O)CN(CC)C(=O)COC(=O)c1ccc(S(=O)(=O)NCC)cc1. The van der Waals surface area contributed by atoms with Gasteiger partial charge in [-0.1, -0.05) is 6.92 Å². The number of hydrogen-bond acceptors (Lipinski definition) is 6. The third-order valence-corrected chi connectivity index (χ3v) is 5.07. The second-order valence-electron chi connectivity index (χ2n) is 5.46. The third kappa shape index (κ3) is 6.99. The Hall–Kier alpha value is -2.46. The molecule has 9 nitrogen and oxygen atoms in total. The normalized spacial score (nSPS) is 10.9. The van der Waals surface area contributed by atoms with Gasteiger partial charge in [0, 0.05) is 19.6 Å². The summed E-state index contributed by atoms with van der Waals surface area (Å²) in [6.45, 7) is 5.52. The van der Waals surface area contributed by atoms with Crippen molar-refractivity contribution in [2.45, 2.75) is 25.7 Å². The van der Waals surface area contributed by atoms with Crippen molar-refractivity contribution in [3.63, 3.8) is 0 Å². The van der Waals surface area contributed by atoms with E-state index < -0.39 is 28.5 Å². The van der Waals surface area contributed by atoms with Gasteiger partial charge in [0.05, 0.1) is 17.0 Å². The summed E-state index contributed by atoms with van der Waals surface area (Å²) in [4.78, 5) is 37.0. The van der Waals surface area contributed by atoms with E-state index in [1.807, 2.05) is 0 Å². The number of nitrogens with one attached hydrogen (secondary N) is 2. The minimum Gasteiger partial charge on any atom is -0.452 e. The monoisotopic (exact) mass is 399 g/mol. The summed E-state index contributed by atoms with van der Waals surface area (Å²) in [6.07, 6.45) is 0. The van der Waals surface area contributed by atoms with Crippen LogP contribution in [0.15, 0.2) is 29.2 Å². The van der Waals surface area contributed by atoms with Crippen LogP contribution >= 0.6 is 0 Å². The number of amides is 2. The van der Waals surface area contributed by atoms with Crippen LogP contribution in [0.1, 0.15) is 31.1 Å². The van der Waals surface area contributed by atoms with Crippen molar-refractivity contribution in [2.24, 2.45) is 0 Å². The van der Waals surface area contributed by atoms with Crippen LogP contribution in [0.25, 0.3) is 0 Å². The number of ether oxygens (including phenoxy) is 1. The Labute approximate surface area is 159 Å². The molecule has 0 heterocycles. The molecule has 0 atom stereocenters. The molecule has 0 radical (unpaired) electrons. The topological polar surface area (TPSA) is 122 Å². The molecule has 27 heavy (non-hydrogen) atoms. The highest BCUT2D eigenvalue weighted by Crippen LogP contribution is 2.11. The van der Waals surface area contributed by atoms with Gasteiger partial charge in [0.1, 0.15) is 0 Å². The minimum atomic E-state index is -3.61. The summed E-state index contributed by atoms with van der Waals surface area (Å²) in [7, 11) is -3.61. The summed E-state index contributed by atoms with van der Waals surface area (Å²) >= 11 is 0. The van der Waals surface area contributed by atoms with E-state index in [1.165, 1.54) is 29.2 Å². The number of sulfonamides is 1. The van der Waals surface area contributed by atoms with E-state index >= 15 is 0 Å². The van der Waals surface area contributed by atoms with Gasteiger partial charge in [-0.3, -0.25) is 9.59 Å². The van der Waals surface area contributed by atoms with E-state index in [4.69, 9.17) is 4.74 Å². The maximum atomic E-state index is 12.1. The van der Waals surface area contributed by atoms with E-state index in [1.54, 1.807) is 20.8 Å². The second kappa shape index (κ2) is 10.6. The van der Waals surface area contributed by atoms with Gasteiger partial charge in [-0.05, 0) is 38.1 Å². The molecule has 1 aromatic rings. The molecule has 1 aromatic carbocycles. The standard InChI is InChI=1S/C17H25N3O6S/c1-4-18-15(21)11-20(6-3)16(22)12-26-17(23)13-7-9-14(10-8-13)27(24,25)19-5-2/h7-10,19H,4-6,11-12H2,1-3H3,(H,18,21). The molecule has 2 amide bonds. The Bertz CT molecular complexity index is 761. The van der Waals surface area contributed by atoms with Crippen LogP contribution in [0.3, 0.4) is 0 Å². The lowest BCUT2D eigenvalue weighted by Crippen LogP contribution is -2.42. The van der Waals surface area contributed by atoms with Crippen molar-refractivity contribution in [2.75, 3.05) is 32.8 Å². The molecule has 0 aliphatic rings. The van der Waals surface area contributed by atoms with Gasteiger partial charge in [-0.15, -0.1) is 0 Å². The highest BCUT2D eigenvalue weighted by atomic mass is 32.2. The Morgan fingerprint density at radius 2 is 1.67 bits per heavy atom. The Kier molecular flexibility index (Phi) is 8.89. The molecule has 0 unspecified atom stereocenters. The molecule has 0 bridgehead atoms. The largest absolute Gasteiger partial charge is 0.452 e. The lowest BCUT2D eigenvalue weighted by atomic mass is 10.2. The summed E-state index contributed by atoms with van der Waals surface area (Å²) in [5, 5.41) is 2.59. The molecular weight excluding hydrogens is 374 g/mol. The number of benzene rings is 1. The van der Waals surface area contributed by atoms with Crippen molar-refractivity contribution in [3.8, 4) is 0 Å². The number of likely N-dealkylation sites (N-methyl/N-ethyl adjacent to an activating group) is 2. The third-order valence-electron chi connectivity index (χ3n) is 3.50. The Morgan fingerprint density at radius 3 is 2.19 bits per heavy atom. The fourth-order valence-electron chi connectivity index (χ4n) is 2.15. The quantitative estimate of drug-likeness (QED) is 0.539. The smallest absolute Gasteiger partial charge is 0.338 e. The molecule has 0 spiro atoms. The van der Waals surface area contributed by atoms with E-state index in [0.29, 0.717) is 13.1 Å². The molecular formula is C17H25N3O6S. The van der Waals surface area contributed by atoms with Gasteiger partial charge >= 0.3 is 5.97 Å². The van der Waals surface area contributed by atoms with Crippen LogP contribution in [0.4, 0.5) is 0 Å². The first-order valence-corrected chi connectivity index (χ1v) is 10.0. The zero-order valence-electron chi connectivity index (χ0n) is 15.6. The molecule has 0 aromatic heterocycles. The van der Waals surface area contributed by atoms with Crippen LogP contribution < -0.4 is 10.0 Å². The van der Waals surface area contributed by atoms with Gasteiger partial charge < -0.3 is 15.0 Å². The predicted octanol–water partition coefficient (Wildman–Crippen LogP) is 0.126. The van der Waals surface area contributed by atoms with Crippen molar-refractivity contribution in [3.05, 3.63) is 29.8 Å². The van der Waals surface area contributed by atoms with Crippen LogP contribution in [-0.4, -0.2) is 63.9 Å². The van der Waals surface area contributed by atoms with Gasteiger partial charge in [-0.25, -0.2) is 17.9 Å². The number of esters is 1. The number of hydrogen-bond donors (Lipinski definition) is 2. The maximum Gasteiger partial charge on any atom is 0.338 e. The first-order valence-electron chi connectivity index (χ1n) is 8.56. The van der Waals surface area contributed by atoms with Crippen LogP contribution in [-0.2, 0) is 24.3 Å². The highest BCUT2D eigenvalue weighted by molar-refractivity contribution is 7.89. The first-order chi connectivity index (χ1) is 12.7. The average Bonchev–Trinajstić information content (AvgIpc) is 2.64. The van der Waals surface area contributed by atoms with Crippen LogP contribution in [0.2, 0.25) is 0 Å². The molecule has 1 rings (SSSR count). The lowest BCUT2D eigenvalue weighted by Gasteiger charge is -2.20. The molecule has 2 N–H and O–H groups in total. The zero-order chi connectivity index (χ0) is 20.4. The number of carbonyl (C=O) groups is 3. The summed E-state index contributed by atoms with van der Waals surface area (Å²) in [5.74, 6) is -1.55. The predicted molar refractivity (Wildman–Crippen MR) is 98.5 cm³/mol. The fourth-order valence-corrected chi connectivity index (χ4v) is 3.19. The van der Waals surface area contributed by atoms with Crippen molar-refractivity contribution in [1.29, 1.82) is 0 Å². The van der Waals surface area contributed by atoms with E-state index in [2.05, 4.69) is 10.0 Å². The zero-order valence-corrected chi connectivity index (χ0v) is 16.5. The number of nitrogens with zero attached hydrogens (tertiary/aromatic N) is 1. The van der Waals surface area contributed by atoms with Crippen molar-refractivity contribution in [1.82, 2.24) is 14.9 Å². The minimum absolute atomic E-state index is 0.0241. The average molecular weight is 399 g/mol. The van der Waals surface area contributed by atoms with Crippen LogP contribution in [0.5, 0.6) is 0 Å². The van der Waals surface area contributed by atoms with Crippen LogP contribution in [0, 0.1) is 0 Å². The van der Waals surface area contributed by atoms with Gasteiger partial charge in [-0.2, -0.15) is 0 Å². The van der Waals surface area contributed by atoms with Crippen molar-refractivity contribution >= 4 is 27.8 Å². The molecule has 0 fully saturated rings. The Morgan fingerprint density at radius 1 is 1.04 bits per heavy atom. The molecule has 150 valence electrons. The van der Waals surface area contributed by atoms with Gasteiger partial charge in [0.15, 0.2) is 6.61 Å². The second-order valence-corrected chi connectivity index (χ2v) is 7.23. The first kappa shape index (κ1) is 22.6. The molecule has 0 saturated heterocycles. The summed E-state index contributed by atoms with van der Waals surface area (Å²) < 4.78 is 31.0. The number of carbonyl (C=O) groups excluding carboxylic acids is 3. The lowest BCUT2D eigenvalue weighted by molar-refractivity contribution is -0.138. The molecule has 10 heteroatoms. The summed E-state index contributed by atoms with van der Waals surface area (Å²) in [6, 6.07) is 5.18. The Balaban J connectivity index is 2.65. The van der Waals surface area contributed by atoms with E-state index in [9.17, 15) is 22.8 Å². The fraction of sp³-hybridized carbons (Fsp3) is 0.471. The van der Waals surface area contributed by atoms with E-state index in [0.717, 1.165) is 0 Å². The molecule has 0 saturated carbocycles. The molecule has 0 aliphatic carbocycles. The maximum absolute atomic E-state index is 12.1. The highest BCUT2D eigenvalue weighted by Gasteiger charge is 2.18. The van der Waals surface area contributed by atoms with E-state index in [-0.39, 0.29) is 29.5 Å². The van der Waals surface area contributed by atoms with Gasteiger partial charge in [0.25, 0.3) is 5.91 Å². The summed E-state index contributed by atoms with van der Waals surface area (Å²) in [5.41, 5.74) is 0.116.